The van der Waals surface area contributed by atoms with Crippen LogP contribution in [0.1, 0.15) is 31.2 Å². The number of aliphatic hydroxyl groups excluding tert-OH is 1. The lowest BCUT2D eigenvalue weighted by molar-refractivity contribution is 0.0510. The van der Waals surface area contributed by atoms with Gasteiger partial charge in [0.25, 0.3) is 0 Å². The number of unbranched alkanes of at least 4 members (excludes halogenated alkanes) is 3. The zero-order chi connectivity index (χ0) is 13.1. The van der Waals surface area contributed by atoms with E-state index in [1.807, 2.05) is 24.3 Å². The van der Waals surface area contributed by atoms with Crippen LogP contribution in [0.2, 0.25) is 0 Å². The maximum absolute atomic E-state index is 8.67. The van der Waals surface area contributed by atoms with Gasteiger partial charge in [0.2, 0.25) is 0 Å². The van der Waals surface area contributed by atoms with E-state index in [0.717, 1.165) is 37.0 Å². The van der Waals surface area contributed by atoms with Crippen LogP contribution in [0, 0.1) is 0 Å². The molecule has 0 spiro atoms. The zero-order valence-corrected chi connectivity index (χ0v) is 11.0. The van der Waals surface area contributed by atoms with Gasteiger partial charge in [0.15, 0.2) is 6.79 Å². The van der Waals surface area contributed by atoms with Crippen molar-refractivity contribution in [3.05, 3.63) is 35.9 Å². The van der Waals surface area contributed by atoms with Crippen molar-refractivity contribution in [1.29, 1.82) is 0 Å². The Morgan fingerprint density at radius 3 is 2.78 bits per heavy atom. The molecule has 0 saturated heterocycles. The van der Waals surface area contributed by atoms with Gasteiger partial charge >= 0.3 is 0 Å². The number of rotatable bonds is 9. The third kappa shape index (κ3) is 5.84. The summed E-state index contributed by atoms with van der Waals surface area (Å²) in [6.07, 6.45) is 8.32. The summed E-state index contributed by atoms with van der Waals surface area (Å²) in [6.45, 7) is 0.554. The number of methoxy groups -OCH3 is 1. The highest BCUT2D eigenvalue weighted by Gasteiger charge is 1.98. The number of benzene rings is 1. The van der Waals surface area contributed by atoms with Crippen LogP contribution in [-0.4, -0.2) is 25.6 Å². The van der Waals surface area contributed by atoms with Crippen LogP contribution in [-0.2, 0) is 4.74 Å². The van der Waals surface area contributed by atoms with Crippen LogP contribution in [0.15, 0.2) is 30.3 Å². The molecule has 0 bridgehead atoms. The second-order valence-electron chi connectivity index (χ2n) is 4.06. The summed E-state index contributed by atoms with van der Waals surface area (Å²) in [6, 6.07) is 7.90. The van der Waals surface area contributed by atoms with Crippen LogP contribution < -0.4 is 4.74 Å². The lowest BCUT2D eigenvalue weighted by Gasteiger charge is -2.07. The second kappa shape index (κ2) is 9.68. The molecule has 3 heteroatoms. The van der Waals surface area contributed by atoms with Crippen LogP contribution in [0.25, 0.3) is 6.08 Å². The average Bonchev–Trinajstić information content (AvgIpc) is 2.41. The average molecular weight is 250 g/mol. The number of hydrogen-bond acceptors (Lipinski definition) is 3. The van der Waals surface area contributed by atoms with Gasteiger partial charge in [-0.2, -0.15) is 0 Å². The molecule has 1 N–H and O–H groups in total. The highest BCUT2D eigenvalue weighted by molar-refractivity contribution is 5.56. The van der Waals surface area contributed by atoms with Crippen molar-refractivity contribution in [1.82, 2.24) is 0 Å². The Bertz CT molecular complexity index is 347. The minimum Gasteiger partial charge on any atom is -0.467 e. The van der Waals surface area contributed by atoms with E-state index in [9.17, 15) is 0 Å². The molecule has 0 aliphatic rings. The molecule has 0 aliphatic carbocycles. The molecule has 0 radical (unpaired) electrons. The topological polar surface area (TPSA) is 38.7 Å². The minimum atomic E-state index is 0.265. The van der Waals surface area contributed by atoms with Gasteiger partial charge in [0.1, 0.15) is 5.75 Å². The molecule has 18 heavy (non-hydrogen) atoms. The standard InChI is InChI=1S/C15H22O3/c1-17-13-18-15-11-7-6-10-14(15)9-5-3-2-4-8-12-16/h5-7,9-11,16H,2-4,8,12-13H2,1H3/b9-5-. The number of para-hydroxylation sites is 1. The summed E-state index contributed by atoms with van der Waals surface area (Å²) in [5, 5.41) is 8.67. The molecule has 3 nitrogen and oxygen atoms in total. The van der Waals surface area contributed by atoms with E-state index in [4.69, 9.17) is 14.6 Å². The summed E-state index contributed by atoms with van der Waals surface area (Å²) in [7, 11) is 1.61. The van der Waals surface area contributed by atoms with Gasteiger partial charge in [0, 0.05) is 19.3 Å². The van der Waals surface area contributed by atoms with Crippen LogP contribution in [0.4, 0.5) is 0 Å². The Balaban J connectivity index is 2.42. The Morgan fingerprint density at radius 2 is 2.00 bits per heavy atom. The minimum absolute atomic E-state index is 0.265. The summed E-state index contributed by atoms with van der Waals surface area (Å²) in [4.78, 5) is 0. The van der Waals surface area contributed by atoms with E-state index in [-0.39, 0.29) is 13.4 Å². The van der Waals surface area contributed by atoms with E-state index in [1.54, 1.807) is 7.11 Å². The van der Waals surface area contributed by atoms with Gasteiger partial charge in [-0.3, -0.25) is 0 Å². The third-order valence-corrected chi connectivity index (χ3v) is 2.58. The molecular formula is C15H22O3. The number of ether oxygens (including phenoxy) is 2. The lowest BCUT2D eigenvalue weighted by atomic mass is 10.1. The Morgan fingerprint density at radius 1 is 1.17 bits per heavy atom. The summed E-state index contributed by atoms with van der Waals surface area (Å²) >= 11 is 0. The highest BCUT2D eigenvalue weighted by Crippen LogP contribution is 2.19. The monoisotopic (exact) mass is 250 g/mol. The molecule has 0 heterocycles. The van der Waals surface area contributed by atoms with Crippen molar-refractivity contribution >= 4 is 6.08 Å². The summed E-state index contributed by atoms with van der Waals surface area (Å²) < 4.78 is 10.4. The van der Waals surface area contributed by atoms with Crippen LogP contribution in [0.5, 0.6) is 5.75 Å². The molecule has 0 unspecified atom stereocenters. The molecule has 100 valence electrons. The zero-order valence-electron chi connectivity index (χ0n) is 11.0. The molecule has 0 aromatic heterocycles. The van der Waals surface area contributed by atoms with Crippen LogP contribution in [0.3, 0.4) is 0 Å². The molecule has 0 fully saturated rings. The first-order valence-corrected chi connectivity index (χ1v) is 6.36. The summed E-state index contributed by atoms with van der Waals surface area (Å²) in [5.41, 5.74) is 1.07. The smallest absolute Gasteiger partial charge is 0.188 e. The van der Waals surface area contributed by atoms with Crippen molar-refractivity contribution < 1.29 is 14.6 Å². The lowest BCUT2D eigenvalue weighted by Crippen LogP contribution is -1.99. The highest BCUT2D eigenvalue weighted by atomic mass is 16.7. The maximum Gasteiger partial charge on any atom is 0.188 e. The van der Waals surface area contributed by atoms with Gasteiger partial charge in [-0.25, -0.2) is 0 Å². The van der Waals surface area contributed by atoms with Crippen molar-refractivity contribution in [2.75, 3.05) is 20.5 Å². The predicted octanol–water partition coefficient (Wildman–Crippen LogP) is 3.24. The largest absolute Gasteiger partial charge is 0.467 e. The fraction of sp³-hybridized carbons (Fsp3) is 0.467. The fourth-order valence-electron chi connectivity index (χ4n) is 1.63. The van der Waals surface area contributed by atoms with E-state index < -0.39 is 0 Å². The first-order valence-electron chi connectivity index (χ1n) is 6.36. The molecule has 1 aromatic rings. The fourth-order valence-corrected chi connectivity index (χ4v) is 1.63. The van der Waals surface area contributed by atoms with E-state index in [2.05, 4.69) is 12.2 Å². The first-order chi connectivity index (χ1) is 8.88. The van der Waals surface area contributed by atoms with Gasteiger partial charge < -0.3 is 14.6 Å². The normalized spacial score (nSPS) is 11.0. The van der Waals surface area contributed by atoms with Crippen LogP contribution >= 0.6 is 0 Å². The Labute approximate surface area is 109 Å². The molecular weight excluding hydrogens is 228 g/mol. The van der Waals surface area contributed by atoms with E-state index in [0.29, 0.717) is 0 Å². The number of hydrogen-bond donors (Lipinski definition) is 1. The van der Waals surface area contributed by atoms with E-state index >= 15 is 0 Å². The Kier molecular flexibility index (Phi) is 7.93. The molecule has 1 aromatic carbocycles. The first kappa shape index (κ1) is 14.7. The van der Waals surface area contributed by atoms with E-state index in [1.165, 1.54) is 0 Å². The van der Waals surface area contributed by atoms with Crippen molar-refractivity contribution in [2.24, 2.45) is 0 Å². The number of allylic oxidation sites excluding steroid dienone is 1. The Hall–Kier alpha value is -1.32. The maximum atomic E-state index is 8.67. The molecule has 1 rings (SSSR count). The van der Waals surface area contributed by atoms with Crippen molar-refractivity contribution in [3.8, 4) is 5.75 Å². The van der Waals surface area contributed by atoms with Gasteiger partial charge in [-0.15, -0.1) is 0 Å². The van der Waals surface area contributed by atoms with Gasteiger partial charge in [-0.1, -0.05) is 36.8 Å². The summed E-state index contributed by atoms with van der Waals surface area (Å²) in [5.74, 6) is 0.839. The van der Waals surface area contributed by atoms with Gasteiger partial charge in [-0.05, 0) is 25.3 Å². The molecule has 0 amide bonds. The molecule has 0 aliphatic heterocycles. The number of aliphatic hydroxyl groups is 1. The van der Waals surface area contributed by atoms with Gasteiger partial charge in [0.05, 0.1) is 0 Å². The molecule has 0 saturated carbocycles. The molecule has 0 atom stereocenters. The SMILES string of the molecule is COCOc1ccccc1/C=C\CCCCCO. The van der Waals surface area contributed by atoms with Crippen molar-refractivity contribution in [2.45, 2.75) is 25.7 Å². The van der Waals surface area contributed by atoms with Crippen molar-refractivity contribution in [3.63, 3.8) is 0 Å². The predicted molar refractivity (Wildman–Crippen MR) is 73.5 cm³/mol. The second-order valence-corrected chi connectivity index (χ2v) is 4.06. The quantitative estimate of drug-likeness (QED) is 0.540. The third-order valence-electron chi connectivity index (χ3n) is 2.58.